The van der Waals surface area contributed by atoms with Gasteiger partial charge in [0, 0.05) is 25.2 Å². The number of unbranched alkanes of at least 4 members (excludes halogenated alkanes) is 2. The minimum absolute atomic E-state index is 0.0658. The zero-order valence-corrected chi connectivity index (χ0v) is 22.8. The van der Waals surface area contributed by atoms with Crippen LogP contribution in [-0.4, -0.2) is 54.6 Å². The molecule has 3 N–H and O–H groups in total. The predicted molar refractivity (Wildman–Crippen MR) is 134 cm³/mol. The summed E-state index contributed by atoms with van der Waals surface area (Å²) >= 11 is 0. The second-order valence-electron chi connectivity index (χ2n) is 11.2. The van der Waals surface area contributed by atoms with Gasteiger partial charge in [0.2, 0.25) is 5.91 Å². The zero-order valence-electron chi connectivity index (χ0n) is 22.8. The van der Waals surface area contributed by atoms with Gasteiger partial charge in [-0.1, -0.05) is 60.8 Å². The highest BCUT2D eigenvalue weighted by Crippen LogP contribution is 2.24. The summed E-state index contributed by atoms with van der Waals surface area (Å²) in [4.78, 5) is 25.2. The Labute approximate surface area is 202 Å². The van der Waals surface area contributed by atoms with E-state index in [1.807, 2.05) is 13.8 Å². The van der Waals surface area contributed by atoms with Crippen LogP contribution in [0.5, 0.6) is 0 Å². The molecule has 0 radical (unpaired) electrons. The van der Waals surface area contributed by atoms with Gasteiger partial charge in [-0.05, 0) is 51.9 Å². The fraction of sp³-hybridized carbons (Fsp3) is 0.923. The quantitative estimate of drug-likeness (QED) is 0.273. The maximum atomic E-state index is 12.7. The lowest BCUT2D eigenvalue weighted by molar-refractivity contribution is -0.130. The Balaban J connectivity index is 5.25. The number of carbonyl (C=O) groups is 2. The molecule has 0 aliphatic rings. The van der Waals surface area contributed by atoms with Crippen molar-refractivity contribution in [2.24, 2.45) is 17.3 Å². The van der Waals surface area contributed by atoms with E-state index in [0.29, 0.717) is 25.6 Å². The topological polar surface area (TPSA) is 96.9 Å². The molecule has 0 saturated carbocycles. The van der Waals surface area contributed by atoms with Crippen molar-refractivity contribution in [1.82, 2.24) is 10.6 Å². The molecule has 0 aromatic carbocycles. The Hall–Kier alpha value is -1.34. The predicted octanol–water partition coefficient (Wildman–Crippen LogP) is 5.05. The Morgan fingerprint density at radius 3 is 2.12 bits per heavy atom. The Morgan fingerprint density at radius 2 is 1.61 bits per heavy atom. The summed E-state index contributed by atoms with van der Waals surface area (Å²) in [6, 6.07) is -0.568. The molecule has 0 aromatic heterocycles. The molecule has 0 aliphatic heterocycles. The Bertz CT molecular complexity index is 557. The average molecular weight is 473 g/mol. The molecule has 0 fully saturated rings. The van der Waals surface area contributed by atoms with Crippen molar-refractivity contribution in [1.29, 1.82) is 0 Å². The van der Waals surface area contributed by atoms with Crippen LogP contribution in [-0.2, 0) is 14.3 Å². The number of aliphatic hydroxyl groups excluding tert-OH is 1. The zero-order chi connectivity index (χ0) is 25.7. The van der Waals surface area contributed by atoms with E-state index in [9.17, 15) is 14.7 Å². The fourth-order valence-electron chi connectivity index (χ4n) is 3.42. The molecule has 196 valence electrons. The van der Waals surface area contributed by atoms with Gasteiger partial charge in [0.15, 0.2) is 0 Å². The van der Waals surface area contributed by atoms with Crippen LogP contribution in [0.2, 0.25) is 0 Å². The fourth-order valence-corrected chi connectivity index (χ4v) is 3.42. The van der Waals surface area contributed by atoms with Crippen molar-refractivity contribution in [3.05, 3.63) is 0 Å². The van der Waals surface area contributed by atoms with Crippen molar-refractivity contribution in [3.8, 4) is 0 Å². The molecule has 1 unspecified atom stereocenters. The summed E-state index contributed by atoms with van der Waals surface area (Å²) in [6.45, 7) is 19.0. The van der Waals surface area contributed by atoms with E-state index in [-0.39, 0.29) is 18.4 Å². The third-order valence-electron chi connectivity index (χ3n) is 5.88. The normalized spacial score (nSPS) is 15.1. The number of amides is 2. The van der Waals surface area contributed by atoms with Gasteiger partial charge in [-0.15, -0.1) is 0 Å². The second kappa shape index (κ2) is 15.5. The van der Waals surface area contributed by atoms with E-state index in [2.05, 4.69) is 38.3 Å². The number of nitrogens with one attached hydrogen (secondary N) is 2. The standard InChI is InChI=1S/C26H52N2O5/c1-10-12-14-26(8,9)23(30)27-17-22(29)21(28-24(31)33-25(5,6)7)16-20(19(3)4)18-32-15-13-11-2/h19-22,29H,10-18H2,1-9H3,(H,27,30)(H,28,31)/t20-,21+,22?/m1/s1. The van der Waals surface area contributed by atoms with Crippen molar-refractivity contribution in [2.75, 3.05) is 19.8 Å². The summed E-state index contributed by atoms with van der Waals surface area (Å²) in [5.74, 6) is 0.367. The Morgan fingerprint density at radius 1 is 1.00 bits per heavy atom. The summed E-state index contributed by atoms with van der Waals surface area (Å²) in [5.41, 5.74) is -1.14. The SMILES string of the molecule is CCCCOC[C@@H](C[C@H](NC(=O)OC(C)(C)C)C(O)CNC(=O)C(C)(C)CCCC)C(C)C. The third kappa shape index (κ3) is 14.5. The van der Waals surface area contributed by atoms with E-state index in [4.69, 9.17) is 9.47 Å². The van der Waals surface area contributed by atoms with Crippen LogP contribution in [0.25, 0.3) is 0 Å². The van der Waals surface area contributed by atoms with Crippen LogP contribution in [0.3, 0.4) is 0 Å². The summed E-state index contributed by atoms with van der Waals surface area (Å²) in [6.07, 6.45) is 3.87. The van der Waals surface area contributed by atoms with Crippen LogP contribution >= 0.6 is 0 Å². The third-order valence-corrected chi connectivity index (χ3v) is 5.88. The van der Waals surface area contributed by atoms with Crippen LogP contribution in [0, 0.1) is 17.3 Å². The molecule has 7 heteroatoms. The van der Waals surface area contributed by atoms with E-state index >= 15 is 0 Å². The van der Waals surface area contributed by atoms with Crippen molar-refractivity contribution >= 4 is 12.0 Å². The molecular weight excluding hydrogens is 420 g/mol. The van der Waals surface area contributed by atoms with Crippen LogP contribution in [0.15, 0.2) is 0 Å². The largest absolute Gasteiger partial charge is 0.444 e. The smallest absolute Gasteiger partial charge is 0.407 e. The van der Waals surface area contributed by atoms with Gasteiger partial charge in [0.1, 0.15) is 5.60 Å². The lowest BCUT2D eigenvalue weighted by atomic mass is 9.86. The lowest BCUT2D eigenvalue weighted by Gasteiger charge is -2.32. The number of ether oxygens (including phenoxy) is 2. The molecule has 0 aliphatic carbocycles. The molecule has 0 aromatic rings. The van der Waals surface area contributed by atoms with Gasteiger partial charge in [0.05, 0.1) is 12.1 Å². The number of carbonyl (C=O) groups excluding carboxylic acids is 2. The number of hydrogen-bond donors (Lipinski definition) is 3. The monoisotopic (exact) mass is 472 g/mol. The first kappa shape index (κ1) is 31.7. The van der Waals surface area contributed by atoms with Crippen molar-refractivity contribution in [2.45, 2.75) is 119 Å². The number of alkyl carbamates (subject to hydrolysis) is 1. The van der Waals surface area contributed by atoms with Crippen LogP contribution in [0.1, 0.15) is 101 Å². The van der Waals surface area contributed by atoms with Crippen LogP contribution < -0.4 is 10.6 Å². The highest BCUT2D eigenvalue weighted by molar-refractivity contribution is 5.81. The highest BCUT2D eigenvalue weighted by Gasteiger charge is 2.31. The number of rotatable bonds is 16. The first-order valence-electron chi connectivity index (χ1n) is 12.8. The molecule has 0 spiro atoms. The minimum Gasteiger partial charge on any atom is -0.444 e. The summed E-state index contributed by atoms with van der Waals surface area (Å²) < 4.78 is 11.3. The van der Waals surface area contributed by atoms with Crippen molar-refractivity contribution < 1.29 is 24.2 Å². The number of hydrogen-bond acceptors (Lipinski definition) is 5. The van der Waals surface area contributed by atoms with Gasteiger partial charge in [0.25, 0.3) is 0 Å². The number of aliphatic hydroxyl groups is 1. The molecule has 0 heterocycles. The summed E-state index contributed by atoms with van der Waals surface area (Å²) in [5, 5.41) is 16.7. The lowest BCUT2D eigenvalue weighted by Crippen LogP contribution is -2.52. The highest BCUT2D eigenvalue weighted by atomic mass is 16.6. The van der Waals surface area contributed by atoms with E-state index in [1.165, 1.54) is 0 Å². The van der Waals surface area contributed by atoms with Gasteiger partial charge < -0.3 is 25.2 Å². The Kier molecular flexibility index (Phi) is 14.9. The molecule has 3 atom stereocenters. The first-order valence-corrected chi connectivity index (χ1v) is 12.8. The van der Waals surface area contributed by atoms with Gasteiger partial charge in [-0.3, -0.25) is 4.79 Å². The van der Waals surface area contributed by atoms with E-state index < -0.39 is 29.3 Å². The summed E-state index contributed by atoms with van der Waals surface area (Å²) in [7, 11) is 0. The molecular formula is C26H52N2O5. The van der Waals surface area contributed by atoms with Crippen molar-refractivity contribution in [3.63, 3.8) is 0 Å². The van der Waals surface area contributed by atoms with E-state index in [0.717, 1.165) is 32.1 Å². The molecule has 33 heavy (non-hydrogen) atoms. The van der Waals surface area contributed by atoms with E-state index in [1.54, 1.807) is 20.8 Å². The molecule has 0 rings (SSSR count). The maximum Gasteiger partial charge on any atom is 0.407 e. The minimum atomic E-state index is -0.944. The molecule has 0 bridgehead atoms. The average Bonchev–Trinajstić information content (AvgIpc) is 2.69. The second-order valence-corrected chi connectivity index (χ2v) is 11.2. The van der Waals surface area contributed by atoms with Gasteiger partial charge in [-0.25, -0.2) is 4.79 Å². The van der Waals surface area contributed by atoms with Gasteiger partial charge in [-0.2, -0.15) is 0 Å². The van der Waals surface area contributed by atoms with Gasteiger partial charge >= 0.3 is 6.09 Å². The molecule has 2 amide bonds. The molecule has 0 saturated heterocycles. The maximum absolute atomic E-state index is 12.7. The molecule has 7 nitrogen and oxygen atoms in total. The van der Waals surface area contributed by atoms with Crippen LogP contribution in [0.4, 0.5) is 4.79 Å². The first-order chi connectivity index (χ1) is 15.2.